The lowest BCUT2D eigenvalue weighted by molar-refractivity contribution is -0.133. The van der Waals surface area contributed by atoms with E-state index in [0.29, 0.717) is 13.0 Å². The predicted octanol–water partition coefficient (Wildman–Crippen LogP) is 1.74. The number of carbonyl (C=O) groups is 1. The molecule has 0 unspecified atom stereocenters. The molecule has 108 valence electrons. The van der Waals surface area contributed by atoms with Crippen LogP contribution in [0.5, 0.6) is 0 Å². The van der Waals surface area contributed by atoms with Crippen molar-refractivity contribution < 1.29 is 4.79 Å². The Morgan fingerprint density at radius 1 is 1.29 bits per heavy atom. The van der Waals surface area contributed by atoms with Gasteiger partial charge < -0.3 is 4.90 Å². The maximum absolute atomic E-state index is 12.5. The zero-order valence-electron chi connectivity index (χ0n) is 11.9. The Morgan fingerprint density at radius 3 is 2.90 bits per heavy atom. The van der Waals surface area contributed by atoms with Crippen LogP contribution in [0.2, 0.25) is 0 Å². The summed E-state index contributed by atoms with van der Waals surface area (Å²) in [6.07, 6.45) is 6.05. The van der Waals surface area contributed by atoms with Crippen LogP contribution in [0.1, 0.15) is 30.4 Å². The van der Waals surface area contributed by atoms with Crippen molar-refractivity contribution in [2.45, 2.75) is 37.8 Å². The minimum Gasteiger partial charge on any atom is -0.337 e. The molecule has 0 atom stereocenters. The SMILES string of the molecule is O=C(CCn1cncn1)N1Cc2ccccc2C2(CC2)C1. The molecule has 4 rings (SSSR count). The van der Waals surface area contributed by atoms with Crippen molar-refractivity contribution in [2.24, 2.45) is 0 Å². The van der Waals surface area contributed by atoms with Gasteiger partial charge in [0.15, 0.2) is 0 Å². The first-order valence-electron chi connectivity index (χ1n) is 7.45. The zero-order chi connectivity index (χ0) is 14.3. The lowest BCUT2D eigenvalue weighted by Gasteiger charge is -2.35. The normalized spacial score (nSPS) is 18.6. The molecule has 0 radical (unpaired) electrons. The van der Waals surface area contributed by atoms with E-state index in [-0.39, 0.29) is 11.3 Å². The topological polar surface area (TPSA) is 51.0 Å². The Kier molecular flexibility index (Phi) is 2.80. The Hall–Kier alpha value is -2.17. The second-order valence-corrected chi connectivity index (χ2v) is 6.10. The number of hydrogen-bond acceptors (Lipinski definition) is 3. The summed E-state index contributed by atoms with van der Waals surface area (Å²) in [5.74, 6) is 0.214. The van der Waals surface area contributed by atoms with Gasteiger partial charge in [-0.2, -0.15) is 5.10 Å². The summed E-state index contributed by atoms with van der Waals surface area (Å²) >= 11 is 0. The van der Waals surface area contributed by atoms with Gasteiger partial charge in [-0.25, -0.2) is 4.98 Å². The van der Waals surface area contributed by atoms with E-state index < -0.39 is 0 Å². The summed E-state index contributed by atoms with van der Waals surface area (Å²) < 4.78 is 1.71. The average molecular weight is 282 g/mol. The molecule has 1 amide bonds. The van der Waals surface area contributed by atoms with Crippen molar-refractivity contribution in [3.63, 3.8) is 0 Å². The smallest absolute Gasteiger partial charge is 0.224 e. The molecule has 2 aliphatic rings. The van der Waals surface area contributed by atoms with Crippen molar-refractivity contribution in [1.29, 1.82) is 0 Å². The van der Waals surface area contributed by atoms with E-state index in [1.165, 1.54) is 30.3 Å². The summed E-state index contributed by atoms with van der Waals surface area (Å²) in [7, 11) is 0. The van der Waals surface area contributed by atoms with Crippen LogP contribution in [0.25, 0.3) is 0 Å². The molecule has 21 heavy (non-hydrogen) atoms. The fraction of sp³-hybridized carbons (Fsp3) is 0.438. The van der Waals surface area contributed by atoms with Crippen LogP contribution >= 0.6 is 0 Å². The van der Waals surface area contributed by atoms with Crippen LogP contribution < -0.4 is 0 Å². The monoisotopic (exact) mass is 282 g/mol. The molecular formula is C16H18N4O. The molecule has 0 bridgehead atoms. The molecule has 0 N–H and O–H groups in total. The highest BCUT2D eigenvalue weighted by molar-refractivity contribution is 5.77. The van der Waals surface area contributed by atoms with Crippen molar-refractivity contribution in [3.8, 4) is 0 Å². The fourth-order valence-electron chi connectivity index (χ4n) is 3.36. The van der Waals surface area contributed by atoms with Gasteiger partial charge in [0.2, 0.25) is 5.91 Å². The van der Waals surface area contributed by atoms with Gasteiger partial charge in [0.1, 0.15) is 12.7 Å². The molecule has 5 heteroatoms. The number of amides is 1. The van der Waals surface area contributed by atoms with Gasteiger partial charge in [-0.15, -0.1) is 0 Å². The number of nitrogens with zero attached hydrogens (tertiary/aromatic N) is 4. The standard InChI is InChI=1S/C16H18N4O/c21-15(5-8-20-12-17-11-18-20)19-9-13-3-1-2-4-14(13)16(10-19)6-7-16/h1-4,11-12H,5-10H2. The Labute approximate surface area is 123 Å². The Bertz CT molecular complexity index is 661. The van der Waals surface area contributed by atoms with E-state index in [0.717, 1.165) is 13.1 Å². The second kappa shape index (κ2) is 4.69. The number of aryl methyl sites for hydroxylation is 1. The van der Waals surface area contributed by atoms with E-state index in [1.807, 2.05) is 4.90 Å². The number of hydrogen-bond donors (Lipinski definition) is 0. The third kappa shape index (κ3) is 2.22. The lowest BCUT2D eigenvalue weighted by Crippen LogP contribution is -2.41. The molecule has 1 fully saturated rings. The first-order chi connectivity index (χ1) is 10.3. The minimum absolute atomic E-state index is 0.214. The minimum atomic E-state index is 0.214. The molecular weight excluding hydrogens is 264 g/mol. The number of carbonyl (C=O) groups excluding carboxylic acids is 1. The summed E-state index contributed by atoms with van der Waals surface area (Å²) in [4.78, 5) is 18.4. The zero-order valence-corrected chi connectivity index (χ0v) is 11.9. The lowest BCUT2D eigenvalue weighted by atomic mass is 9.87. The van der Waals surface area contributed by atoms with Crippen LogP contribution in [-0.4, -0.2) is 32.1 Å². The highest BCUT2D eigenvalue weighted by Gasteiger charge is 2.49. The molecule has 1 aliphatic carbocycles. The predicted molar refractivity (Wildman–Crippen MR) is 77.4 cm³/mol. The van der Waals surface area contributed by atoms with E-state index in [2.05, 4.69) is 34.3 Å². The molecule has 1 aromatic heterocycles. The fourth-order valence-corrected chi connectivity index (χ4v) is 3.36. The first-order valence-corrected chi connectivity index (χ1v) is 7.45. The summed E-state index contributed by atoms with van der Waals surface area (Å²) in [6, 6.07) is 8.57. The highest BCUT2D eigenvalue weighted by atomic mass is 16.2. The van der Waals surface area contributed by atoms with Crippen molar-refractivity contribution >= 4 is 5.91 Å². The maximum atomic E-state index is 12.5. The molecule has 1 saturated carbocycles. The molecule has 2 heterocycles. The maximum Gasteiger partial charge on any atom is 0.224 e. The van der Waals surface area contributed by atoms with Crippen LogP contribution in [0.3, 0.4) is 0 Å². The molecule has 5 nitrogen and oxygen atoms in total. The van der Waals surface area contributed by atoms with E-state index >= 15 is 0 Å². The van der Waals surface area contributed by atoms with Crippen molar-refractivity contribution in [3.05, 3.63) is 48.0 Å². The third-order valence-corrected chi connectivity index (χ3v) is 4.67. The van der Waals surface area contributed by atoms with Gasteiger partial charge in [0, 0.05) is 24.9 Å². The van der Waals surface area contributed by atoms with Gasteiger partial charge in [-0.3, -0.25) is 9.48 Å². The average Bonchev–Trinajstić information content (AvgIpc) is 3.08. The summed E-state index contributed by atoms with van der Waals surface area (Å²) in [5, 5.41) is 4.05. The second-order valence-electron chi connectivity index (χ2n) is 6.10. The Balaban J connectivity index is 1.48. The number of aromatic nitrogens is 3. The Morgan fingerprint density at radius 2 is 2.14 bits per heavy atom. The van der Waals surface area contributed by atoms with Crippen LogP contribution in [0.4, 0.5) is 0 Å². The van der Waals surface area contributed by atoms with Gasteiger partial charge >= 0.3 is 0 Å². The van der Waals surface area contributed by atoms with Crippen LogP contribution in [-0.2, 0) is 23.3 Å². The molecule has 2 aromatic rings. The number of rotatable bonds is 3. The number of fused-ring (bicyclic) bond motifs is 2. The van der Waals surface area contributed by atoms with Crippen molar-refractivity contribution in [1.82, 2.24) is 19.7 Å². The number of benzene rings is 1. The van der Waals surface area contributed by atoms with E-state index in [4.69, 9.17) is 0 Å². The highest BCUT2D eigenvalue weighted by Crippen LogP contribution is 2.52. The van der Waals surface area contributed by atoms with Crippen LogP contribution in [0, 0.1) is 0 Å². The van der Waals surface area contributed by atoms with Gasteiger partial charge in [-0.05, 0) is 24.0 Å². The van der Waals surface area contributed by atoms with E-state index in [9.17, 15) is 4.79 Å². The van der Waals surface area contributed by atoms with E-state index in [1.54, 1.807) is 11.0 Å². The van der Waals surface area contributed by atoms with Crippen molar-refractivity contribution in [2.75, 3.05) is 6.54 Å². The quantitative estimate of drug-likeness (QED) is 0.861. The first kappa shape index (κ1) is 12.6. The van der Waals surface area contributed by atoms with Gasteiger partial charge in [0.05, 0.1) is 6.54 Å². The van der Waals surface area contributed by atoms with Gasteiger partial charge in [-0.1, -0.05) is 24.3 Å². The molecule has 0 saturated heterocycles. The van der Waals surface area contributed by atoms with Gasteiger partial charge in [0.25, 0.3) is 0 Å². The largest absolute Gasteiger partial charge is 0.337 e. The molecule has 1 spiro atoms. The molecule has 1 aromatic carbocycles. The molecule has 1 aliphatic heterocycles. The summed E-state index contributed by atoms with van der Waals surface area (Å²) in [6.45, 7) is 2.22. The third-order valence-electron chi connectivity index (χ3n) is 4.67. The van der Waals surface area contributed by atoms with Crippen LogP contribution in [0.15, 0.2) is 36.9 Å². The summed E-state index contributed by atoms with van der Waals surface area (Å²) in [5.41, 5.74) is 3.03.